The highest BCUT2D eigenvalue weighted by Crippen LogP contribution is 2.26. The Labute approximate surface area is 128 Å². The maximum Gasteiger partial charge on any atom is 0.330 e. The van der Waals surface area contributed by atoms with Crippen molar-refractivity contribution >= 4 is 23.3 Å². The van der Waals surface area contributed by atoms with Crippen LogP contribution in [0.15, 0.2) is 42.5 Å². The molecule has 0 aliphatic heterocycles. The van der Waals surface area contributed by atoms with Crippen LogP contribution in [-0.2, 0) is 4.79 Å². The molecule has 0 heterocycles. The van der Waals surface area contributed by atoms with Gasteiger partial charge in [0.1, 0.15) is 5.75 Å². The number of halogens is 1. The van der Waals surface area contributed by atoms with Crippen molar-refractivity contribution in [2.75, 3.05) is 12.4 Å². The number of carbonyl (C=O) groups is 1. The van der Waals surface area contributed by atoms with Gasteiger partial charge in [-0.25, -0.2) is 4.79 Å². The second kappa shape index (κ2) is 6.50. The van der Waals surface area contributed by atoms with Crippen LogP contribution in [0.4, 0.5) is 5.69 Å². The molecule has 0 saturated heterocycles. The Morgan fingerprint density at radius 3 is 2.43 bits per heavy atom. The summed E-state index contributed by atoms with van der Waals surface area (Å²) in [5.74, 6) is -0.230. The molecule has 0 amide bonds. The molecule has 1 unspecified atom stereocenters. The first kappa shape index (κ1) is 15.2. The Bertz CT molecular complexity index is 640. The minimum atomic E-state index is -0.948. The quantitative estimate of drug-likeness (QED) is 0.879. The van der Waals surface area contributed by atoms with Gasteiger partial charge >= 0.3 is 5.97 Å². The summed E-state index contributed by atoms with van der Waals surface area (Å²) >= 11 is 5.91. The number of rotatable bonds is 5. The molecule has 0 spiro atoms. The zero-order valence-electron chi connectivity index (χ0n) is 11.8. The number of methoxy groups -OCH3 is 1. The Morgan fingerprint density at radius 2 is 1.90 bits per heavy atom. The summed E-state index contributed by atoms with van der Waals surface area (Å²) in [6.07, 6.45) is 0. The summed E-state index contributed by atoms with van der Waals surface area (Å²) < 4.78 is 5.08. The molecule has 2 aromatic carbocycles. The molecule has 0 aromatic heterocycles. The third-order valence-corrected chi connectivity index (χ3v) is 3.43. The highest BCUT2D eigenvalue weighted by molar-refractivity contribution is 6.30. The number of carboxylic acids is 1. The van der Waals surface area contributed by atoms with E-state index >= 15 is 0 Å². The molecule has 0 aliphatic carbocycles. The highest BCUT2D eigenvalue weighted by Gasteiger charge is 2.21. The summed E-state index contributed by atoms with van der Waals surface area (Å²) in [6.45, 7) is 1.84. The molecule has 110 valence electrons. The number of hydrogen-bond donors (Lipinski definition) is 2. The van der Waals surface area contributed by atoms with Crippen LogP contribution < -0.4 is 10.1 Å². The van der Waals surface area contributed by atoms with Crippen molar-refractivity contribution in [3.63, 3.8) is 0 Å². The Hall–Kier alpha value is -2.20. The van der Waals surface area contributed by atoms with E-state index in [2.05, 4.69) is 5.32 Å². The highest BCUT2D eigenvalue weighted by atomic mass is 35.5. The average molecular weight is 306 g/mol. The topological polar surface area (TPSA) is 58.6 Å². The first-order valence-electron chi connectivity index (χ1n) is 6.40. The molecule has 21 heavy (non-hydrogen) atoms. The van der Waals surface area contributed by atoms with E-state index in [4.69, 9.17) is 16.3 Å². The molecule has 4 nitrogen and oxygen atoms in total. The largest absolute Gasteiger partial charge is 0.497 e. The third kappa shape index (κ3) is 3.67. The van der Waals surface area contributed by atoms with E-state index in [0.717, 1.165) is 11.3 Å². The fourth-order valence-electron chi connectivity index (χ4n) is 2.09. The van der Waals surface area contributed by atoms with Crippen LogP contribution >= 0.6 is 11.6 Å². The summed E-state index contributed by atoms with van der Waals surface area (Å²) in [5.41, 5.74) is 2.22. The van der Waals surface area contributed by atoms with Crippen molar-refractivity contribution in [2.24, 2.45) is 0 Å². The van der Waals surface area contributed by atoms with E-state index < -0.39 is 12.0 Å². The van der Waals surface area contributed by atoms with Crippen LogP contribution in [0.2, 0.25) is 5.02 Å². The van der Waals surface area contributed by atoms with Crippen LogP contribution in [0.3, 0.4) is 0 Å². The van der Waals surface area contributed by atoms with E-state index in [0.29, 0.717) is 16.3 Å². The molecule has 0 radical (unpaired) electrons. The van der Waals surface area contributed by atoms with Gasteiger partial charge in [-0.1, -0.05) is 17.7 Å². The number of nitrogens with one attached hydrogen (secondary N) is 1. The first-order chi connectivity index (χ1) is 10.0. The van der Waals surface area contributed by atoms with Gasteiger partial charge in [0.2, 0.25) is 0 Å². The lowest BCUT2D eigenvalue weighted by atomic mass is 10.0. The van der Waals surface area contributed by atoms with Crippen molar-refractivity contribution in [3.05, 3.63) is 58.6 Å². The predicted octanol–water partition coefficient (Wildman–Crippen LogP) is 3.89. The van der Waals surface area contributed by atoms with Gasteiger partial charge in [-0.2, -0.15) is 0 Å². The zero-order chi connectivity index (χ0) is 15.4. The van der Waals surface area contributed by atoms with Gasteiger partial charge in [0.25, 0.3) is 0 Å². The molecular formula is C16H16ClNO3. The fourth-order valence-corrected chi connectivity index (χ4v) is 2.32. The number of ether oxygens (including phenoxy) is 1. The number of hydrogen-bond acceptors (Lipinski definition) is 3. The lowest BCUT2D eigenvalue weighted by Crippen LogP contribution is -2.21. The number of carboxylic acid groups (broad SMARTS) is 1. The van der Waals surface area contributed by atoms with Crippen molar-refractivity contribution in [3.8, 4) is 5.75 Å². The summed E-state index contributed by atoms with van der Waals surface area (Å²) in [7, 11) is 1.58. The summed E-state index contributed by atoms with van der Waals surface area (Å²) in [4.78, 5) is 11.5. The standard InChI is InChI=1S/C16H16ClNO3/c1-10-9-11(17)3-8-14(10)15(16(19)20)18-12-4-6-13(21-2)7-5-12/h3-9,15,18H,1-2H3,(H,19,20). The maximum absolute atomic E-state index is 11.5. The van der Waals surface area contributed by atoms with Gasteiger partial charge in [-0.3, -0.25) is 0 Å². The molecule has 2 rings (SSSR count). The summed E-state index contributed by atoms with van der Waals surface area (Å²) in [5, 5.41) is 13.1. The molecule has 0 fully saturated rings. The lowest BCUT2D eigenvalue weighted by molar-refractivity contribution is -0.138. The van der Waals surface area contributed by atoms with Gasteiger partial charge in [0.05, 0.1) is 7.11 Å². The van der Waals surface area contributed by atoms with E-state index in [9.17, 15) is 9.90 Å². The van der Waals surface area contributed by atoms with Crippen LogP contribution in [0.25, 0.3) is 0 Å². The normalized spacial score (nSPS) is 11.8. The molecule has 0 bridgehead atoms. The summed E-state index contributed by atoms with van der Waals surface area (Å²) in [6, 6.07) is 11.4. The van der Waals surface area contributed by atoms with Crippen molar-refractivity contribution < 1.29 is 14.6 Å². The van der Waals surface area contributed by atoms with Crippen LogP contribution in [0.1, 0.15) is 17.2 Å². The predicted molar refractivity (Wildman–Crippen MR) is 83.2 cm³/mol. The second-order valence-electron chi connectivity index (χ2n) is 4.64. The number of aryl methyl sites for hydroxylation is 1. The van der Waals surface area contributed by atoms with E-state index in [1.807, 2.05) is 6.92 Å². The maximum atomic E-state index is 11.5. The lowest BCUT2D eigenvalue weighted by Gasteiger charge is -2.18. The third-order valence-electron chi connectivity index (χ3n) is 3.19. The van der Waals surface area contributed by atoms with Gasteiger partial charge < -0.3 is 15.2 Å². The smallest absolute Gasteiger partial charge is 0.330 e. The molecule has 1 atom stereocenters. The van der Waals surface area contributed by atoms with E-state index in [1.54, 1.807) is 49.6 Å². The van der Waals surface area contributed by atoms with Crippen LogP contribution in [0.5, 0.6) is 5.75 Å². The zero-order valence-corrected chi connectivity index (χ0v) is 12.5. The van der Waals surface area contributed by atoms with E-state index in [-0.39, 0.29) is 0 Å². The fraction of sp³-hybridized carbons (Fsp3) is 0.188. The number of aliphatic carboxylic acids is 1. The number of anilines is 1. The van der Waals surface area contributed by atoms with Gasteiger partial charge in [0, 0.05) is 10.7 Å². The monoisotopic (exact) mass is 305 g/mol. The van der Waals surface area contributed by atoms with Crippen molar-refractivity contribution in [1.82, 2.24) is 0 Å². The van der Waals surface area contributed by atoms with Crippen molar-refractivity contribution in [1.29, 1.82) is 0 Å². The molecule has 0 aliphatic rings. The molecular weight excluding hydrogens is 290 g/mol. The van der Waals surface area contributed by atoms with Gasteiger partial charge in [-0.15, -0.1) is 0 Å². The number of benzene rings is 2. The van der Waals surface area contributed by atoms with Crippen molar-refractivity contribution in [2.45, 2.75) is 13.0 Å². The molecule has 2 aromatic rings. The molecule has 0 saturated carbocycles. The Kier molecular flexibility index (Phi) is 4.70. The minimum absolute atomic E-state index is 0.588. The minimum Gasteiger partial charge on any atom is -0.497 e. The van der Waals surface area contributed by atoms with E-state index in [1.165, 1.54) is 0 Å². The Morgan fingerprint density at radius 1 is 1.24 bits per heavy atom. The first-order valence-corrected chi connectivity index (χ1v) is 6.78. The SMILES string of the molecule is COc1ccc(NC(C(=O)O)c2ccc(Cl)cc2C)cc1. The Balaban J connectivity index is 2.28. The second-order valence-corrected chi connectivity index (χ2v) is 5.08. The van der Waals surface area contributed by atoms with Gasteiger partial charge in [0.15, 0.2) is 6.04 Å². The van der Waals surface area contributed by atoms with Crippen LogP contribution in [0, 0.1) is 6.92 Å². The van der Waals surface area contributed by atoms with Crippen LogP contribution in [-0.4, -0.2) is 18.2 Å². The molecule has 5 heteroatoms. The average Bonchev–Trinajstić information content (AvgIpc) is 2.46. The van der Waals surface area contributed by atoms with Gasteiger partial charge in [-0.05, 0) is 54.4 Å². The molecule has 2 N–H and O–H groups in total.